The molecule has 0 unspecified atom stereocenters. The predicted octanol–water partition coefficient (Wildman–Crippen LogP) is 3.43. The third-order valence-corrected chi connectivity index (χ3v) is 7.79. The molecule has 3 amide bonds. The minimum absolute atomic E-state index is 0.0110. The van der Waals surface area contributed by atoms with Gasteiger partial charge in [0, 0.05) is 50.1 Å². The smallest absolute Gasteiger partial charge is 0.421 e. The van der Waals surface area contributed by atoms with E-state index in [-0.39, 0.29) is 40.8 Å². The predicted molar refractivity (Wildman–Crippen MR) is 182 cm³/mol. The number of carbonyl (C=O) groups excluding carboxylic acids is 3. The van der Waals surface area contributed by atoms with Crippen LogP contribution in [0.15, 0.2) is 46.5 Å². The molecule has 8 N–H and O–H groups in total. The molecule has 0 aliphatic carbocycles. The highest BCUT2D eigenvalue weighted by molar-refractivity contribution is 6.04. The first-order valence-electron chi connectivity index (χ1n) is 15.4. The van der Waals surface area contributed by atoms with Crippen molar-refractivity contribution in [1.82, 2.24) is 10.3 Å². The van der Waals surface area contributed by atoms with Crippen LogP contribution in [0, 0.1) is 11.8 Å². The number of carbonyl (C=O) groups is 3. The van der Waals surface area contributed by atoms with Crippen LogP contribution >= 0.6 is 0 Å². The third kappa shape index (κ3) is 11.4. The summed E-state index contributed by atoms with van der Waals surface area (Å²) in [6.45, 7) is 7.44. The van der Waals surface area contributed by atoms with Crippen LogP contribution in [0.2, 0.25) is 0 Å². The van der Waals surface area contributed by atoms with Gasteiger partial charge in [-0.05, 0) is 52.3 Å². The van der Waals surface area contributed by atoms with Crippen molar-refractivity contribution in [3.63, 3.8) is 0 Å². The van der Waals surface area contributed by atoms with Crippen LogP contribution < -0.4 is 22.3 Å². The number of phenols is 2. The molecule has 1 aliphatic heterocycles. The highest BCUT2D eigenvalue weighted by atomic mass is 16.6. The van der Waals surface area contributed by atoms with Crippen LogP contribution in [0.5, 0.6) is 11.5 Å². The van der Waals surface area contributed by atoms with Gasteiger partial charge in [-0.15, -0.1) is 0 Å². The maximum atomic E-state index is 13.2. The van der Waals surface area contributed by atoms with E-state index in [1.165, 1.54) is 26.4 Å². The Hall–Kier alpha value is -4.44. The number of primary amides is 1. The van der Waals surface area contributed by atoms with Crippen LogP contribution in [0.3, 0.4) is 0 Å². The van der Waals surface area contributed by atoms with E-state index < -0.39 is 48.4 Å². The number of aliphatic imine (C=N–C) groups is 1. The van der Waals surface area contributed by atoms with Gasteiger partial charge in [0.1, 0.15) is 29.4 Å². The highest BCUT2D eigenvalue weighted by Crippen LogP contribution is 2.44. The number of allylic oxidation sites excluding steroid dienone is 2. The summed E-state index contributed by atoms with van der Waals surface area (Å²) in [6, 6.07) is 1.24. The number of nitrogens with one attached hydrogen (secondary N) is 2. The van der Waals surface area contributed by atoms with Gasteiger partial charge in [0.05, 0.1) is 11.8 Å². The van der Waals surface area contributed by atoms with Crippen molar-refractivity contribution >= 4 is 35.7 Å². The van der Waals surface area contributed by atoms with Gasteiger partial charge in [-0.3, -0.25) is 15.2 Å². The van der Waals surface area contributed by atoms with E-state index in [1.807, 2.05) is 31.3 Å². The molecule has 1 aliphatic rings. The number of anilines is 1. The molecule has 0 radical (unpaired) electrons. The highest BCUT2D eigenvalue weighted by Gasteiger charge is 2.33. The fourth-order valence-corrected chi connectivity index (χ4v) is 5.36. The lowest BCUT2D eigenvalue weighted by Gasteiger charge is -2.32. The molecular weight excluding hydrogens is 624 g/mol. The molecule has 2 bridgehead atoms. The van der Waals surface area contributed by atoms with Crippen molar-refractivity contribution in [2.45, 2.75) is 65.0 Å². The third-order valence-electron chi connectivity index (χ3n) is 7.79. The number of rotatable bonds is 7. The summed E-state index contributed by atoms with van der Waals surface area (Å²) in [7, 11) is 6.62. The van der Waals surface area contributed by atoms with Crippen LogP contribution in [-0.2, 0) is 30.2 Å². The molecular formula is C33H50N6O9. The van der Waals surface area contributed by atoms with Crippen molar-refractivity contribution in [2.24, 2.45) is 28.4 Å². The number of hydrazine groups is 1. The summed E-state index contributed by atoms with van der Waals surface area (Å²) in [4.78, 5) is 43.8. The zero-order valence-electron chi connectivity index (χ0n) is 28.9. The summed E-state index contributed by atoms with van der Waals surface area (Å²) < 4.78 is 22.6. The Bertz CT molecular complexity index is 1410. The Morgan fingerprint density at radius 2 is 1.85 bits per heavy atom. The first-order chi connectivity index (χ1) is 22.6. The van der Waals surface area contributed by atoms with Crippen molar-refractivity contribution in [3.8, 4) is 11.5 Å². The molecule has 2 rings (SSSR count). The molecule has 0 saturated carbocycles. The lowest BCUT2D eigenvalue weighted by molar-refractivity contribution is -0.112. The van der Waals surface area contributed by atoms with Crippen LogP contribution in [0.4, 0.5) is 21.0 Å². The number of nitrogens with zero attached hydrogens (tertiary/aromatic N) is 2. The van der Waals surface area contributed by atoms with Gasteiger partial charge in [0.25, 0.3) is 5.91 Å². The SMILES string of the molecule is CO[C@H]1/C=C\C=C(/C)C(=O)Nc2cc(O)c(N=CCN(C)C)c(c2O)C[C@@H](C)C[C@H](OC)[C@H](OC(=O)NN)[C@@H](C)/C=C(\C)[C@@H]1OC(N)=O. The molecule has 1 aromatic carbocycles. The molecule has 15 nitrogen and oxygen atoms in total. The van der Waals surface area contributed by atoms with E-state index in [1.54, 1.807) is 45.2 Å². The second-order valence-corrected chi connectivity index (χ2v) is 12.0. The molecule has 266 valence electrons. The van der Waals surface area contributed by atoms with Crippen LogP contribution in [-0.4, -0.2) is 98.7 Å². The molecule has 15 heteroatoms. The largest absolute Gasteiger partial charge is 0.506 e. The monoisotopic (exact) mass is 674 g/mol. The lowest BCUT2D eigenvalue weighted by atomic mass is 9.87. The second-order valence-electron chi connectivity index (χ2n) is 12.0. The summed E-state index contributed by atoms with van der Waals surface area (Å²) in [5.74, 6) is 3.54. The summed E-state index contributed by atoms with van der Waals surface area (Å²) in [5.41, 5.74) is 8.62. The Kier molecular flexibility index (Phi) is 15.5. The molecule has 0 aromatic heterocycles. The van der Waals surface area contributed by atoms with E-state index >= 15 is 0 Å². The molecule has 0 spiro atoms. The van der Waals surface area contributed by atoms with Gasteiger partial charge in [-0.25, -0.2) is 15.4 Å². The molecule has 0 saturated heterocycles. The number of methoxy groups -OCH3 is 2. The number of aromatic hydroxyl groups is 2. The summed E-state index contributed by atoms with van der Waals surface area (Å²) in [6.07, 6.45) is 3.19. The minimum Gasteiger partial charge on any atom is -0.506 e. The quantitative estimate of drug-likeness (QED) is 0.0468. The fraction of sp³-hybridized carbons (Fsp3) is 0.515. The standard InChI is InChI=1S/C33H50N6O9/c1-18-14-22-27(36-12-13-39(5)6)24(40)17-23(28(22)41)37-31(42)19(2)10-9-11-25(45-7)29(47-32(34)43)20(3)16-21(4)30(26(15-18)46-8)48-33(44)38-35/h9-12,16-18,21,25-26,29-30,40-41H,13-15,35H2,1-8H3,(H2,34,43)(H,37,42)(H,38,44)/b11-9-,19-10+,20-16+,36-12?/t18-,21+,25+,26+,29+,30-/m1/s1. The Morgan fingerprint density at radius 3 is 2.44 bits per heavy atom. The number of benzene rings is 1. The number of ether oxygens (including phenoxy) is 4. The number of fused-ring (bicyclic) bond motifs is 2. The Labute approximate surface area is 281 Å². The molecule has 1 heterocycles. The normalized spacial score (nSPS) is 27.3. The fourth-order valence-electron chi connectivity index (χ4n) is 5.36. The average Bonchev–Trinajstić information content (AvgIpc) is 3.02. The first-order valence-corrected chi connectivity index (χ1v) is 15.4. The molecule has 0 fully saturated rings. The maximum absolute atomic E-state index is 13.2. The number of phenolic OH excluding ortho intramolecular Hbond substituents is 2. The van der Waals surface area contributed by atoms with E-state index in [0.29, 0.717) is 24.1 Å². The van der Waals surface area contributed by atoms with Crippen LogP contribution in [0.25, 0.3) is 0 Å². The van der Waals surface area contributed by atoms with Gasteiger partial charge in [-0.1, -0.05) is 38.2 Å². The summed E-state index contributed by atoms with van der Waals surface area (Å²) >= 11 is 0. The number of hydrogen-bond donors (Lipinski definition) is 6. The Balaban J connectivity index is 2.79. The average molecular weight is 675 g/mol. The van der Waals surface area contributed by atoms with Gasteiger partial charge >= 0.3 is 12.2 Å². The molecule has 1 aromatic rings. The topological polar surface area (TPSA) is 220 Å². The molecule has 6 atom stereocenters. The number of hydrogen-bond acceptors (Lipinski definition) is 12. The van der Waals surface area contributed by atoms with Gasteiger partial charge in [0.2, 0.25) is 0 Å². The van der Waals surface area contributed by atoms with E-state index in [0.717, 1.165) is 0 Å². The second kappa shape index (κ2) is 18.8. The van der Waals surface area contributed by atoms with E-state index in [2.05, 4.69) is 10.3 Å². The zero-order chi connectivity index (χ0) is 36.1. The minimum atomic E-state index is -1.03. The van der Waals surface area contributed by atoms with Crippen molar-refractivity contribution in [1.29, 1.82) is 0 Å². The van der Waals surface area contributed by atoms with Gasteiger partial charge in [0.15, 0.2) is 6.10 Å². The van der Waals surface area contributed by atoms with Crippen molar-refractivity contribution < 1.29 is 43.5 Å². The van der Waals surface area contributed by atoms with Gasteiger partial charge < -0.3 is 45.1 Å². The number of nitrogens with two attached hydrogens (primary N) is 2. The Morgan fingerprint density at radius 1 is 1.17 bits per heavy atom. The zero-order valence-corrected chi connectivity index (χ0v) is 28.9. The van der Waals surface area contributed by atoms with Gasteiger partial charge in [-0.2, -0.15) is 0 Å². The van der Waals surface area contributed by atoms with E-state index in [4.69, 9.17) is 30.5 Å². The lowest BCUT2D eigenvalue weighted by Crippen LogP contribution is -2.43. The molecule has 48 heavy (non-hydrogen) atoms. The summed E-state index contributed by atoms with van der Waals surface area (Å²) in [5, 5.41) is 25.1. The van der Waals surface area contributed by atoms with Crippen molar-refractivity contribution in [2.75, 3.05) is 40.2 Å². The van der Waals surface area contributed by atoms with Crippen LogP contribution in [0.1, 0.15) is 39.7 Å². The number of amides is 3. The maximum Gasteiger partial charge on any atom is 0.421 e. The van der Waals surface area contributed by atoms with E-state index in [9.17, 15) is 24.6 Å². The first kappa shape index (κ1) is 39.7. The van der Waals surface area contributed by atoms with Crippen molar-refractivity contribution in [3.05, 3.63) is 47.1 Å².